The molecule has 4 nitrogen and oxygen atoms in total. The van der Waals surface area contributed by atoms with Gasteiger partial charge in [-0.15, -0.1) is 0 Å². The van der Waals surface area contributed by atoms with Crippen LogP contribution >= 0.6 is 0 Å². The molecule has 2 rings (SSSR count). The molecule has 0 atom stereocenters. The first-order valence-corrected chi connectivity index (χ1v) is 5.94. The van der Waals surface area contributed by atoms with Crippen LogP contribution < -0.4 is 5.32 Å². The topological polar surface area (TPSA) is 42.2 Å². The molecule has 0 spiro atoms. The number of anilines is 1. The summed E-state index contributed by atoms with van der Waals surface area (Å²) in [4.78, 5) is 4.44. The van der Waals surface area contributed by atoms with Crippen molar-refractivity contribution in [1.29, 1.82) is 0 Å². The van der Waals surface area contributed by atoms with Crippen LogP contribution in [0.1, 0.15) is 32.6 Å². The molecule has 0 aromatic carbocycles. The van der Waals surface area contributed by atoms with Crippen molar-refractivity contribution in [1.82, 2.24) is 14.6 Å². The Morgan fingerprint density at radius 3 is 3.06 bits per heavy atom. The maximum absolute atomic E-state index is 4.44. The van der Waals surface area contributed by atoms with Gasteiger partial charge >= 0.3 is 0 Å². The first kappa shape index (κ1) is 10.9. The van der Waals surface area contributed by atoms with Crippen LogP contribution in [0.4, 0.5) is 5.82 Å². The van der Waals surface area contributed by atoms with E-state index in [2.05, 4.69) is 22.3 Å². The lowest BCUT2D eigenvalue weighted by Gasteiger charge is -2.05. The Kier molecular flexibility index (Phi) is 3.75. The average molecular weight is 218 g/mol. The van der Waals surface area contributed by atoms with E-state index in [9.17, 15) is 0 Å². The minimum Gasteiger partial charge on any atom is -0.370 e. The van der Waals surface area contributed by atoms with Crippen LogP contribution in [0.5, 0.6) is 0 Å². The summed E-state index contributed by atoms with van der Waals surface area (Å²) in [5.74, 6) is 0.935. The Morgan fingerprint density at radius 1 is 1.25 bits per heavy atom. The van der Waals surface area contributed by atoms with Gasteiger partial charge in [-0.05, 0) is 12.5 Å². The molecule has 16 heavy (non-hydrogen) atoms. The standard InChI is InChI=1S/C12H18N4/c1-2-3-4-5-8-13-11-7-10-16-12(15-11)6-9-14-16/h6-7,9-10H,2-5,8H2,1H3,(H,13,15). The van der Waals surface area contributed by atoms with Gasteiger partial charge in [-0.1, -0.05) is 26.2 Å². The third-order valence-electron chi connectivity index (χ3n) is 2.59. The van der Waals surface area contributed by atoms with Crippen molar-refractivity contribution in [3.05, 3.63) is 24.5 Å². The monoisotopic (exact) mass is 218 g/mol. The van der Waals surface area contributed by atoms with Gasteiger partial charge in [0, 0.05) is 18.8 Å². The van der Waals surface area contributed by atoms with Crippen molar-refractivity contribution >= 4 is 11.5 Å². The fourth-order valence-corrected chi connectivity index (χ4v) is 1.68. The molecule has 2 aromatic rings. The van der Waals surface area contributed by atoms with Gasteiger partial charge in [-0.2, -0.15) is 5.10 Å². The van der Waals surface area contributed by atoms with Gasteiger partial charge in [0.1, 0.15) is 5.82 Å². The summed E-state index contributed by atoms with van der Waals surface area (Å²) in [6.07, 6.45) is 8.78. The second-order valence-electron chi connectivity index (χ2n) is 3.93. The largest absolute Gasteiger partial charge is 0.370 e. The molecule has 0 saturated carbocycles. The van der Waals surface area contributed by atoms with Crippen molar-refractivity contribution in [2.75, 3.05) is 11.9 Å². The summed E-state index contributed by atoms with van der Waals surface area (Å²) in [5.41, 5.74) is 0.888. The van der Waals surface area contributed by atoms with Crippen LogP contribution in [-0.2, 0) is 0 Å². The van der Waals surface area contributed by atoms with Crippen LogP contribution in [0.3, 0.4) is 0 Å². The number of nitrogens with one attached hydrogen (secondary N) is 1. The van der Waals surface area contributed by atoms with Crippen molar-refractivity contribution in [3.63, 3.8) is 0 Å². The Labute approximate surface area is 95.7 Å². The van der Waals surface area contributed by atoms with Crippen LogP contribution in [-0.4, -0.2) is 21.1 Å². The highest BCUT2D eigenvalue weighted by Crippen LogP contribution is 2.06. The van der Waals surface area contributed by atoms with Gasteiger partial charge in [-0.3, -0.25) is 0 Å². The third kappa shape index (κ3) is 2.72. The minimum absolute atomic E-state index is 0.888. The van der Waals surface area contributed by atoms with E-state index in [-0.39, 0.29) is 0 Å². The highest BCUT2D eigenvalue weighted by molar-refractivity contribution is 5.45. The van der Waals surface area contributed by atoms with Crippen LogP contribution in [0, 0.1) is 0 Å². The Bertz CT molecular complexity index is 435. The van der Waals surface area contributed by atoms with Crippen molar-refractivity contribution in [2.45, 2.75) is 32.6 Å². The Balaban J connectivity index is 1.84. The molecule has 1 N–H and O–H groups in total. The van der Waals surface area contributed by atoms with Gasteiger partial charge in [0.25, 0.3) is 0 Å². The number of nitrogens with zero attached hydrogens (tertiary/aromatic N) is 3. The van der Waals surface area contributed by atoms with Gasteiger partial charge < -0.3 is 5.32 Å². The molecule has 0 radical (unpaired) electrons. The normalized spacial score (nSPS) is 10.8. The second kappa shape index (κ2) is 5.49. The number of fused-ring (bicyclic) bond motifs is 1. The summed E-state index contributed by atoms with van der Waals surface area (Å²) in [5, 5.41) is 7.44. The van der Waals surface area contributed by atoms with E-state index in [4.69, 9.17) is 0 Å². The molecule has 0 aliphatic carbocycles. The number of hydrogen-bond acceptors (Lipinski definition) is 3. The zero-order valence-corrected chi connectivity index (χ0v) is 9.69. The summed E-state index contributed by atoms with van der Waals surface area (Å²) < 4.78 is 1.77. The molecule has 86 valence electrons. The minimum atomic E-state index is 0.888. The molecule has 0 saturated heterocycles. The van der Waals surface area contributed by atoms with E-state index in [1.54, 1.807) is 10.7 Å². The Morgan fingerprint density at radius 2 is 2.19 bits per heavy atom. The van der Waals surface area contributed by atoms with E-state index < -0.39 is 0 Å². The molecule has 0 fully saturated rings. The average Bonchev–Trinajstić information content (AvgIpc) is 2.76. The second-order valence-corrected chi connectivity index (χ2v) is 3.93. The van der Waals surface area contributed by atoms with E-state index in [1.807, 2.05) is 18.3 Å². The summed E-state index contributed by atoms with van der Waals surface area (Å²) >= 11 is 0. The first-order chi connectivity index (χ1) is 7.90. The van der Waals surface area contributed by atoms with Crippen molar-refractivity contribution in [3.8, 4) is 0 Å². The smallest absolute Gasteiger partial charge is 0.157 e. The molecule has 0 amide bonds. The molecule has 0 bridgehead atoms. The predicted octanol–water partition coefficient (Wildman–Crippen LogP) is 2.72. The maximum Gasteiger partial charge on any atom is 0.157 e. The molecule has 0 aliphatic heterocycles. The Hall–Kier alpha value is -1.58. The third-order valence-corrected chi connectivity index (χ3v) is 2.59. The number of aromatic nitrogens is 3. The number of hydrogen-bond donors (Lipinski definition) is 1. The van der Waals surface area contributed by atoms with Gasteiger partial charge in [-0.25, -0.2) is 9.50 Å². The zero-order valence-electron chi connectivity index (χ0n) is 9.69. The van der Waals surface area contributed by atoms with Crippen LogP contribution in [0.2, 0.25) is 0 Å². The van der Waals surface area contributed by atoms with E-state index in [0.29, 0.717) is 0 Å². The van der Waals surface area contributed by atoms with E-state index >= 15 is 0 Å². The molecule has 4 heteroatoms. The van der Waals surface area contributed by atoms with Gasteiger partial charge in [0.15, 0.2) is 5.65 Å². The molecular formula is C12H18N4. The summed E-state index contributed by atoms with van der Waals surface area (Å²) in [6.45, 7) is 3.22. The van der Waals surface area contributed by atoms with Crippen LogP contribution in [0.25, 0.3) is 5.65 Å². The zero-order chi connectivity index (χ0) is 11.2. The molecule has 2 aromatic heterocycles. The van der Waals surface area contributed by atoms with Crippen molar-refractivity contribution < 1.29 is 0 Å². The lowest BCUT2D eigenvalue weighted by atomic mass is 10.2. The lowest BCUT2D eigenvalue weighted by Crippen LogP contribution is -2.04. The maximum atomic E-state index is 4.44. The summed E-state index contributed by atoms with van der Waals surface area (Å²) in [7, 11) is 0. The lowest BCUT2D eigenvalue weighted by molar-refractivity contribution is 0.684. The number of rotatable bonds is 6. The highest BCUT2D eigenvalue weighted by atomic mass is 15.2. The predicted molar refractivity (Wildman–Crippen MR) is 65.6 cm³/mol. The van der Waals surface area contributed by atoms with Crippen molar-refractivity contribution in [2.24, 2.45) is 0 Å². The van der Waals surface area contributed by atoms with E-state index in [0.717, 1.165) is 18.0 Å². The van der Waals surface area contributed by atoms with Gasteiger partial charge in [0.05, 0.1) is 6.20 Å². The van der Waals surface area contributed by atoms with E-state index in [1.165, 1.54) is 25.7 Å². The van der Waals surface area contributed by atoms with Crippen LogP contribution in [0.15, 0.2) is 24.5 Å². The summed E-state index contributed by atoms with van der Waals surface area (Å²) in [6, 6.07) is 3.86. The SMILES string of the molecule is CCCCCCNc1ccn2nccc2n1. The number of unbranched alkanes of at least 4 members (excludes halogenated alkanes) is 3. The van der Waals surface area contributed by atoms with Gasteiger partial charge in [0.2, 0.25) is 0 Å². The highest BCUT2D eigenvalue weighted by Gasteiger charge is 1.97. The molecular weight excluding hydrogens is 200 g/mol. The molecule has 0 aliphatic rings. The quantitative estimate of drug-likeness (QED) is 0.758. The molecule has 0 unspecified atom stereocenters. The first-order valence-electron chi connectivity index (χ1n) is 5.94. The molecule has 2 heterocycles. The fraction of sp³-hybridized carbons (Fsp3) is 0.500. The fourth-order valence-electron chi connectivity index (χ4n) is 1.68.